The number of thioether (sulfide) groups is 2. The van der Waals surface area contributed by atoms with Crippen molar-refractivity contribution in [2.75, 3.05) is 12.3 Å². The molecule has 2 aromatic heterocycles. The quantitative estimate of drug-likeness (QED) is 0.563. The normalized spacial score (nSPS) is 10.6. The van der Waals surface area contributed by atoms with E-state index >= 15 is 0 Å². The fourth-order valence-corrected chi connectivity index (χ4v) is 4.29. The predicted molar refractivity (Wildman–Crippen MR) is 92.7 cm³/mol. The summed E-state index contributed by atoms with van der Waals surface area (Å²) in [4.78, 5) is 15.6. The standard InChI is InChI=1S/C13H15ClN4OS3/c1-2-5-15-11(19)8-21-13-18-17-12(22-13)20-7-9-3-4-10(14)16-6-9/h3-4,6H,2,5,7-8H2,1H3,(H,15,19). The molecule has 2 rings (SSSR count). The third-order valence-corrected chi connectivity index (χ3v) is 5.92. The molecule has 0 aliphatic carbocycles. The second-order valence-electron chi connectivity index (χ2n) is 4.25. The highest BCUT2D eigenvalue weighted by Gasteiger charge is 2.08. The van der Waals surface area contributed by atoms with E-state index in [2.05, 4.69) is 20.5 Å². The lowest BCUT2D eigenvalue weighted by atomic mass is 10.3. The zero-order valence-electron chi connectivity index (χ0n) is 11.9. The number of pyridine rings is 1. The van der Waals surface area contributed by atoms with E-state index in [4.69, 9.17) is 11.6 Å². The Labute approximate surface area is 146 Å². The molecule has 0 saturated carbocycles. The molecule has 0 atom stereocenters. The molecule has 0 aliphatic rings. The molecule has 0 fully saturated rings. The average molecular weight is 375 g/mol. The summed E-state index contributed by atoms with van der Waals surface area (Å²) in [6, 6.07) is 3.71. The molecular formula is C13H15ClN4OS3. The van der Waals surface area contributed by atoms with Crippen LogP contribution in [0.1, 0.15) is 18.9 Å². The maximum absolute atomic E-state index is 11.5. The van der Waals surface area contributed by atoms with Gasteiger partial charge in [0.15, 0.2) is 8.68 Å². The molecule has 2 heterocycles. The van der Waals surface area contributed by atoms with Crippen LogP contribution in [0.15, 0.2) is 27.0 Å². The third-order valence-electron chi connectivity index (χ3n) is 2.44. The van der Waals surface area contributed by atoms with Crippen molar-refractivity contribution in [1.29, 1.82) is 0 Å². The molecular weight excluding hydrogens is 360 g/mol. The fraction of sp³-hybridized carbons (Fsp3) is 0.385. The van der Waals surface area contributed by atoms with Crippen molar-refractivity contribution in [2.24, 2.45) is 0 Å². The SMILES string of the molecule is CCCNC(=O)CSc1nnc(SCc2ccc(Cl)nc2)s1. The second kappa shape index (κ2) is 9.34. The van der Waals surface area contributed by atoms with Gasteiger partial charge in [0.1, 0.15) is 5.15 Å². The monoisotopic (exact) mass is 374 g/mol. The lowest BCUT2D eigenvalue weighted by Gasteiger charge is -2.00. The van der Waals surface area contributed by atoms with Crippen molar-refractivity contribution >= 4 is 52.4 Å². The van der Waals surface area contributed by atoms with Crippen LogP contribution in [0, 0.1) is 0 Å². The van der Waals surface area contributed by atoms with Crippen molar-refractivity contribution in [3.05, 3.63) is 29.0 Å². The maximum atomic E-state index is 11.5. The van der Waals surface area contributed by atoms with Gasteiger partial charge in [-0.25, -0.2) is 4.98 Å². The van der Waals surface area contributed by atoms with Gasteiger partial charge in [0.2, 0.25) is 5.91 Å². The van der Waals surface area contributed by atoms with E-state index in [1.165, 1.54) is 23.1 Å². The first-order valence-corrected chi connectivity index (χ1v) is 9.80. The van der Waals surface area contributed by atoms with Crippen LogP contribution in [0.25, 0.3) is 0 Å². The smallest absolute Gasteiger partial charge is 0.230 e. The fourth-order valence-electron chi connectivity index (χ4n) is 1.39. The topological polar surface area (TPSA) is 67.8 Å². The number of carbonyl (C=O) groups excluding carboxylic acids is 1. The number of carbonyl (C=O) groups is 1. The largest absolute Gasteiger partial charge is 0.355 e. The summed E-state index contributed by atoms with van der Waals surface area (Å²) in [6.07, 6.45) is 2.69. The molecule has 0 aromatic carbocycles. The Morgan fingerprint density at radius 2 is 2.09 bits per heavy atom. The summed E-state index contributed by atoms with van der Waals surface area (Å²) in [5.74, 6) is 1.17. The number of hydrogen-bond acceptors (Lipinski definition) is 7. The molecule has 0 unspecified atom stereocenters. The summed E-state index contributed by atoms with van der Waals surface area (Å²) in [5, 5.41) is 11.5. The first-order chi connectivity index (χ1) is 10.7. The number of halogens is 1. The van der Waals surface area contributed by atoms with E-state index in [9.17, 15) is 4.79 Å². The van der Waals surface area contributed by atoms with Gasteiger partial charge < -0.3 is 5.32 Å². The molecule has 5 nitrogen and oxygen atoms in total. The lowest BCUT2D eigenvalue weighted by molar-refractivity contribution is -0.118. The first kappa shape index (κ1) is 17.5. The van der Waals surface area contributed by atoms with Crippen LogP contribution < -0.4 is 5.32 Å². The molecule has 1 N–H and O–H groups in total. The Hall–Kier alpha value is -0.830. The second-order valence-corrected chi connectivity index (χ2v) is 8.06. The van der Waals surface area contributed by atoms with Crippen molar-refractivity contribution in [3.63, 3.8) is 0 Å². The third kappa shape index (κ3) is 6.12. The molecule has 9 heteroatoms. The van der Waals surface area contributed by atoms with E-state index < -0.39 is 0 Å². The van der Waals surface area contributed by atoms with Gasteiger partial charge in [0.05, 0.1) is 5.75 Å². The van der Waals surface area contributed by atoms with Gasteiger partial charge in [-0.2, -0.15) is 0 Å². The van der Waals surface area contributed by atoms with Gasteiger partial charge >= 0.3 is 0 Å². The molecule has 1 amide bonds. The van der Waals surface area contributed by atoms with E-state index in [1.54, 1.807) is 24.0 Å². The predicted octanol–water partition coefficient (Wildman–Crippen LogP) is 3.50. The van der Waals surface area contributed by atoms with Crippen molar-refractivity contribution in [3.8, 4) is 0 Å². The number of aromatic nitrogens is 3. The van der Waals surface area contributed by atoms with Crippen LogP contribution in [0.3, 0.4) is 0 Å². The molecule has 0 spiro atoms. The Bertz CT molecular complexity index is 606. The highest BCUT2D eigenvalue weighted by atomic mass is 35.5. The lowest BCUT2D eigenvalue weighted by Crippen LogP contribution is -2.25. The van der Waals surface area contributed by atoms with Gasteiger partial charge in [0, 0.05) is 18.5 Å². The van der Waals surface area contributed by atoms with Gasteiger partial charge in [-0.3, -0.25) is 4.79 Å². The number of nitrogens with one attached hydrogen (secondary N) is 1. The molecule has 0 radical (unpaired) electrons. The van der Waals surface area contributed by atoms with E-state index in [-0.39, 0.29) is 5.91 Å². The number of amides is 1. The Balaban J connectivity index is 1.76. The van der Waals surface area contributed by atoms with Crippen molar-refractivity contribution in [2.45, 2.75) is 27.8 Å². The van der Waals surface area contributed by atoms with Gasteiger partial charge in [0.25, 0.3) is 0 Å². The molecule has 118 valence electrons. The zero-order chi connectivity index (χ0) is 15.8. The molecule has 0 saturated heterocycles. The van der Waals surface area contributed by atoms with E-state index in [1.807, 2.05) is 13.0 Å². The molecule has 0 bridgehead atoms. The highest BCUT2D eigenvalue weighted by Crippen LogP contribution is 2.30. The van der Waals surface area contributed by atoms with Crippen molar-refractivity contribution in [1.82, 2.24) is 20.5 Å². The average Bonchev–Trinajstić information content (AvgIpc) is 2.98. The summed E-state index contributed by atoms with van der Waals surface area (Å²) in [5.41, 5.74) is 1.08. The summed E-state index contributed by atoms with van der Waals surface area (Å²) in [7, 11) is 0. The molecule has 0 aliphatic heterocycles. The minimum atomic E-state index is 0.0310. The Morgan fingerprint density at radius 1 is 1.32 bits per heavy atom. The minimum absolute atomic E-state index is 0.0310. The van der Waals surface area contributed by atoms with Crippen molar-refractivity contribution < 1.29 is 4.79 Å². The van der Waals surface area contributed by atoms with Crippen LogP contribution in [-0.2, 0) is 10.5 Å². The number of nitrogens with zero attached hydrogens (tertiary/aromatic N) is 3. The van der Waals surface area contributed by atoms with Gasteiger partial charge in [-0.15, -0.1) is 10.2 Å². The summed E-state index contributed by atoms with van der Waals surface area (Å²) in [6.45, 7) is 2.74. The van der Waals surface area contributed by atoms with E-state index in [0.717, 1.165) is 26.4 Å². The van der Waals surface area contributed by atoms with Crippen LogP contribution in [0.4, 0.5) is 0 Å². The highest BCUT2D eigenvalue weighted by molar-refractivity contribution is 8.03. The van der Waals surface area contributed by atoms with E-state index in [0.29, 0.717) is 17.5 Å². The summed E-state index contributed by atoms with van der Waals surface area (Å²) < 4.78 is 1.69. The Morgan fingerprint density at radius 3 is 2.77 bits per heavy atom. The van der Waals surface area contributed by atoms with Crippen LogP contribution in [-0.4, -0.2) is 33.4 Å². The maximum Gasteiger partial charge on any atom is 0.230 e. The zero-order valence-corrected chi connectivity index (χ0v) is 15.1. The van der Waals surface area contributed by atoms with Crippen LogP contribution in [0.5, 0.6) is 0 Å². The van der Waals surface area contributed by atoms with Crippen LogP contribution >= 0.6 is 46.5 Å². The molecule has 2 aromatic rings. The first-order valence-electron chi connectivity index (χ1n) is 6.63. The van der Waals surface area contributed by atoms with Crippen LogP contribution in [0.2, 0.25) is 5.15 Å². The minimum Gasteiger partial charge on any atom is -0.355 e. The van der Waals surface area contributed by atoms with Gasteiger partial charge in [-0.05, 0) is 18.1 Å². The number of hydrogen-bond donors (Lipinski definition) is 1. The summed E-state index contributed by atoms with van der Waals surface area (Å²) >= 11 is 10.3. The Kier molecular flexibility index (Phi) is 7.44. The number of rotatable bonds is 8. The van der Waals surface area contributed by atoms with Gasteiger partial charge in [-0.1, -0.05) is 59.5 Å². The molecule has 22 heavy (non-hydrogen) atoms.